The van der Waals surface area contributed by atoms with E-state index in [0.717, 1.165) is 11.4 Å². The molecule has 9 nitrogen and oxygen atoms in total. The molecule has 10 heteroatoms. The van der Waals surface area contributed by atoms with Crippen molar-refractivity contribution in [3.05, 3.63) is 72.8 Å². The van der Waals surface area contributed by atoms with Crippen LogP contribution < -0.4 is 19.3 Å². The second-order valence-electron chi connectivity index (χ2n) is 10.5. The summed E-state index contributed by atoms with van der Waals surface area (Å²) < 4.78 is 9.90. The van der Waals surface area contributed by atoms with E-state index in [0.29, 0.717) is 31.1 Å². The molecule has 0 radical (unpaired) electrons. The van der Waals surface area contributed by atoms with Gasteiger partial charge in [0, 0.05) is 36.3 Å². The van der Waals surface area contributed by atoms with Gasteiger partial charge in [-0.15, -0.1) is 11.8 Å². The molecular formula is C31H33N3O6S. The molecule has 0 bridgehead atoms. The summed E-state index contributed by atoms with van der Waals surface area (Å²) in [6.07, 6.45) is 7.89. The number of nitrogens with zero attached hydrogens (tertiary/aromatic N) is 3. The molecule has 0 aliphatic carbocycles. The van der Waals surface area contributed by atoms with Crippen molar-refractivity contribution < 1.29 is 29.0 Å². The Labute approximate surface area is 243 Å². The molecule has 3 amide bonds. The van der Waals surface area contributed by atoms with Crippen LogP contribution in [0, 0.1) is 11.8 Å². The van der Waals surface area contributed by atoms with E-state index in [1.807, 2.05) is 67.6 Å². The number of carbonyl (C=O) groups is 3. The fourth-order valence-electron chi connectivity index (χ4n) is 6.60. The number of β-amino-alcohol motifs (C(OH)–C–C–N with tert-alkyl or cyclic N) is 1. The van der Waals surface area contributed by atoms with E-state index in [1.54, 1.807) is 29.0 Å². The molecule has 1 N–H and O–H groups in total. The molecule has 2 aromatic carbocycles. The van der Waals surface area contributed by atoms with Crippen molar-refractivity contribution in [2.24, 2.45) is 11.8 Å². The lowest BCUT2D eigenvalue weighted by atomic mass is 9.78. The number of anilines is 2. The van der Waals surface area contributed by atoms with Gasteiger partial charge in [-0.1, -0.05) is 24.3 Å². The van der Waals surface area contributed by atoms with Crippen LogP contribution in [0.25, 0.3) is 0 Å². The van der Waals surface area contributed by atoms with Gasteiger partial charge in [0.15, 0.2) is 0 Å². The molecule has 4 aliphatic heterocycles. The molecule has 4 aliphatic rings. The van der Waals surface area contributed by atoms with E-state index in [9.17, 15) is 19.5 Å². The zero-order chi connectivity index (χ0) is 28.7. The summed E-state index contributed by atoms with van der Waals surface area (Å²) >= 11 is 1.52. The predicted octanol–water partition coefficient (Wildman–Crippen LogP) is 2.89. The van der Waals surface area contributed by atoms with Crippen LogP contribution in [-0.2, 0) is 14.4 Å². The van der Waals surface area contributed by atoms with Gasteiger partial charge in [0.2, 0.25) is 11.8 Å². The Morgan fingerprint density at radius 2 is 1.54 bits per heavy atom. The van der Waals surface area contributed by atoms with Crippen LogP contribution in [0.15, 0.2) is 72.8 Å². The average molecular weight is 576 g/mol. The number of amides is 3. The van der Waals surface area contributed by atoms with E-state index in [-0.39, 0.29) is 36.1 Å². The van der Waals surface area contributed by atoms with Gasteiger partial charge in [-0.2, -0.15) is 0 Å². The van der Waals surface area contributed by atoms with Crippen LogP contribution in [0.4, 0.5) is 11.4 Å². The monoisotopic (exact) mass is 575 g/mol. The number of carbonyl (C=O) groups excluding carboxylic acids is 3. The van der Waals surface area contributed by atoms with Crippen LogP contribution in [-0.4, -0.2) is 83.7 Å². The number of ether oxygens (including phenoxy) is 2. The summed E-state index contributed by atoms with van der Waals surface area (Å²) in [7, 11) is 1.58. The summed E-state index contributed by atoms with van der Waals surface area (Å²) in [6.45, 7) is 2.91. The molecular weight excluding hydrogens is 542 g/mol. The number of thioether (sulfide) groups is 1. The van der Waals surface area contributed by atoms with Crippen molar-refractivity contribution >= 4 is 40.9 Å². The van der Waals surface area contributed by atoms with Crippen molar-refractivity contribution in [1.29, 1.82) is 0 Å². The zero-order valence-corrected chi connectivity index (χ0v) is 23.8. The molecule has 1 spiro atoms. The first-order valence-electron chi connectivity index (χ1n) is 13.9. The minimum absolute atomic E-state index is 0.0162. The minimum Gasteiger partial charge on any atom is -0.497 e. The second kappa shape index (κ2) is 10.9. The summed E-state index contributed by atoms with van der Waals surface area (Å²) in [5, 5.41) is 9.65. The van der Waals surface area contributed by atoms with Gasteiger partial charge in [0.05, 0.1) is 36.9 Å². The lowest BCUT2D eigenvalue weighted by Crippen LogP contribution is -2.53. The number of hydrogen-bond acceptors (Lipinski definition) is 7. The smallest absolute Gasteiger partial charge is 0.251 e. The summed E-state index contributed by atoms with van der Waals surface area (Å²) in [4.78, 5) is 47.6. The maximum Gasteiger partial charge on any atom is 0.251 e. The number of methoxy groups -OCH3 is 1. The predicted molar refractivity (Wildman–Crippen MR) is 157 cm³/mol. The van der Waals surface area contributed by atoms with Gasteiger partial charge >= 0.3 is 0 Å². The third-order valence-corrected chi connectivity index (χ3v) is 10.1. The molecule has 2 saturated heterocycles. The molecule has 1 unspecified atom stereocenters. The van der Waals surface area contributed by atoms with Gasteiger partial charge < -0.3 is 29.3 Å². The van der Waals surface area contributed by atoms with Crippen molar-refractivity contribution in [3.8, 4) is 11.5 Å². The van der Waals surface area contributed by atoms with Crippen molar-refractivity contribution in [2.45, 2.75) is 23.0 Å². The van der Waals surface area contributed by atoms with E-state index >= 15 is 0 Å². The number of fused-ring (bicyclic) bond motifs is 2. The van der Waals surface area contributed by atoms with E-state index in [4.69, 9.17) is 9.47 Å². The fourth-order valence-corrected chi connectivity index (χ4v) is 8.61. The third-order valence-electron chi connectivity index (χ3n) is 8.34. The number of aliphatic hydroxyl groups excluding tert-OH is 1. The third kappa shape index (κ3) is 4.40. The Bertz CT molecular complexity index is 1390. The van der Waals surface area contributed by atoms with Gasteiger partial charge in [-0.05, 0) is 55.5 Å². The topological polar surface area (TPSA) is 99.6 Å². The summed E-state index contributed by atoms with van der Waals surface area (Å²) in [6, 6.07) is 13.8. The maximum atomic E-state index is 14.3. The minimum atomic E-state index is -0.943. The SMILES string of the molecule is CCOc1ccc(N2CC=C[C@@H]3S[C@]45C=CCN(c6ccc(OC)cc6)C(=O)C4N(CCO)C(=O)[C@@H]5[C@@H]3C2=O)cc1. The fraction of sp³-hybridized carbons (Fsp3) is 0.387. The molecule has 214 valence electrons. The van der Waals surface area contributed by atoms with Crippen LogP contribution in [0.1, 0.15) is 6.92 Å². The van der Waals surface area contributed by atoms with Gasteiger partial charge in [-0.3, -0.25) is 14.4 Å². The Balaban J connectivity index is 1.38. The standard InChI is InChI=1S/C31H33N3O6S/c1-3-40-23-13-9-20(10-14-23)32-16-4-6-24-25(28(32)36)26-29(37)34(18-19-35)27-30(38)33(17-5-15-31(26,27)41-24)21-7-11-22(39-2)12-8-21/h4-15,24-27,35H,3,16-19H2,1-2H3/t24-,25+,26-,27?,31-/m0/s1. The number of benzene rings is 2. The highest BCUT2D eigenvalue weighted by atomic mass is 32.2. The molecule has 2 fully saturated rings. The number of likely N-dealkylation sites (tertiary alicyclic amines) is 1. The normalized spacial score (nSPS) is 28.8. The highest BCUT2D eigenvalue weighted by Gasteiger charge is 2.71. The number of hydrogen-bond donors (Lipinski definition) is 1. The second-order valence-corrected chi connectivity index (χ2v) is 11.9. The van der Waals surface area contributed by atoms with E-state index in [1.165, 1.54) is 16.7 Å². The van der Waals surface area contributed by atoms with Crippen LogP contribution in [0.3, 0.4) is 0 Å². The largest absolute Gasteiger partial charge is 0.497 e. The van der Waals surface area contributed by atoms with Gasteiger partial charge in [-0.25, -0.2) is 0 Å². The Kier molecular flexibility index (Phi) is 7.29. The lowest BCUT2D eigenvalue weighted by Gasteiger charge is -2.35. The van der Waals surface area contributed by atoms with E-state index in [2.05, 4.69) is 0 Å². The highest BCUT2D eigenvalue weighted by molar-refractivity contribution is 8.02. The summed E-state index contributed by atoms with van der Waals surface area (Å²) in [5.41, 5.74) is 1.41. The van der Waals surface area contributed by atoms with Gasteiger partial charge in [0.1, 0.15) is 17.5 Å². The van der Waals surface area contributed by atoms with Crippen molar-refractivity contribution in [2.75, 3.05) is 49.8 Å². The number of rotatable bonds is 7. The molecule has 0 aromatic heterocycles. The Hall–Kier alpha value is -3.76. The van der Waals surface area contributed by atoms with Crippen LogP contribution in [0.2, 0.25) is 0 Å². The molecule has 4 heterocycles. The molecule has 41 heavy (non-hydrogen) atoms. The summed E-state index contributed by atoms with van der Waals surface area (Å²) in [5.74, 6) is -0.649. The van der Waals surface area contributed by atoms with Gasteiger partial charge in [0.25, 0.3) is 5.91 Å². The first-order chi connectivity index (χ1) is 19.9. The van der Waals surface area contributed by atoms with E-state index < -0.39 is 22.6 Å². The molecule has 2 aromatic rings. The maximum absolute atomic E-state index is 14.3. The Morgan fingerprint density at radius 1 is 0.902 bits per heavy atom. The molecule has 5 atom stereocenters. The molecule has 6 rings (SSSR count). The first-order valence-corrected chi connectivity index (χ1v) is 14.7. The van der Waals surface area contributed by atoms with Crippen molar-refractivity contribution in [1.82, 2.24) is 4.90 Å². The first kappa shape index (κ1) is 27.4. The highest BCUT2D eigenvalue weighted by Crippen LogP contribution is 2.61. The van der Waals surface area contributed by atoms with Crippen LogP contribution >= 0.6 is 11.8 Å². The lowest BCUT2D eigenvalue weighted by molar-refractivity contribution is -0.139. The number of aliphatic hydroxyl groups is 1. The zero-order valence-electron chi connectivity index (χ0n) is 23.0. The quantitative estimate of drug-likeness (QED) is 0.507. The Morgan fingerprint density at radius 3 is 2.17 bits per heavy atom. The average Bonchev–Trinajstić information content (AvgIpc) is 3.29. The molecule has 0 saturated carbocycles. The van der Waals surface area contributed by atoms with Crippen LogP contribution in [0.5, 0.6) is 11.5 Å². The van der Waals surface area contributed by atoms with Crippen molar-refractivity contribution in [3.63, 3.8) is 0 Å².